The number of nitrogens with zero attached hydrogens (tertiary/aromatic N) is 2. The maximum Gasteiger partial charge on any atom is 0.319 e. The summed E-state index contributed by atoms with van der Waals surface area (Å²) in [7, 11) is 0. The highest BCUT2D eigenvalue weighted by atomic mass is 19.1. The summed E-state index contributed by atoms with van der Waals surface area (Å²) in [6.07, 6.45) is 3.62. The Hall–Kier alpha value is -2.75. The third-order valence-electron chi connectivity index (χ3n) is 6.29. The molecule has 3 aliphatic heterocycles. The number of piperazine rings is 1. The van der Waals surface area contributed by atoms with E-state index in [1.54, 1.807) is 0 Å². The Morgan fingerprint density at radius 3 is 2.71 bits per heavy atom. The van der Waals surface area contributed by atoms with E-state index in [0.29, 0.717) is 38.4 Å². The number of halogens is 2. The standard InChI is InChI=1S/C21H27F2N5O3/c22-13-3-5-17(16(23)9-13)26-21(31)25-14-10-18-20(30)24-11-15(28(18)12-14)4-6-19(29)27-7-1-2-8-27/h3,5,9,14-15,18H,1-2,4,6-8,10-12H2,(H,24,30)(H2,25,26,31)/t14-,15-,18+/m1/s1. The molecular weight excluding hydrogens is 408 g/mol. The molecule has 3 heterocycles. The van der Waals surface area contributed by atoms with Crippen LogP contribution in [0.15, 0.2) is 18.2 Å². The van der Waals surface area contributed by atoms with Gasteiger partial charge in [-0.2, -0.15) is 0 Å². The fraction of sp³-hybridized carbons (Fsp3) is 0.571. The number of hydrogen-bond acceptors (Lipinski definition) is 4. The van der Waals surface area contributed by atoms with Gasteiger partial charge in [-0.1, -0.05) is 0 Å². The molecule has 3 N–H and O–H groups in total. The largest absolute Gasteiger partial charge is 0.353 e. The van der Waals surface area contributed by atoms with Gasteiger partial charge in [0.05, 0.1) is 11.7 Å². The molecule has 0 spiro atoms. The van der Waals surface area contributed by atoms with E-state index in [0.717, 1.165) is 38.1 Å². The van der Waals surface area contributed by atoms with Crippen LogP contribution in [0.1, 0.15) is 32.1 Å². The number of hydrogen-bond donors (Lipinski definition) is 3. The van der Waals surface area contributed by atoms with Gasteiger partial charge in [0.25, 0.3) is 0 Å². The third-order valence-corrected chi connectivity index (χ3v) is 6.29. The average molecular weight is 435 g/mol. The Morgan fingerprint density at radius 2 is 1.97 bits per heavy atom. The molecule has 4 rings (SSSR count). The molecule has 1 aromatic rings. The lowest BCUT2D eigenvalue weighted by Gasteiger charge is -2.37. The van der Waals surface area contributed by atoms with Crippen LogP contribution in [-0.2, 0) is 9.59 Å². The van der Waals surface area contributed by atoms with Crippen LogP contribution in [0.4, 0.5) is 19.3 Å². The third kappa shape index (κ3) is 4.95. The van der Waals surface area contributed by atoms with Crippen LogP contribution >= 0.6 is 0 Å². The first-order chi connectivity index (χ1) is 14.9. The van der Waals surface area contributed by atoms with Gasteiger partial charge < -0.3 is 20.9 Å². The zero-order valence-corrected chi connectivity index (χ0v) is 17.2. The molecule has 0 radical (unpaired) electrons. The monoisotopic (exact) mass is 435 g/mol. The normalized spacial score (nSPS) is 25.8. The van der Waals surface area contributed by atoms with Gasteiger partial charge in [0.15, 0.2) is 0 Å². The number of anilines is 1. The molecule has 3 atom stereocenters. The zero-order chi connectivity index (χ0) is 22.0. The second-order valence-corrected chi connectivity index (χ2v) is 8.39. The number of benzene rings is 1. The second kappa shape index (κ2) is 9.17. The van der Waals surface area contributed by atoms with Gasteiger partial charge in [-0.05, 0) is 37.8 Å². The van der Waals surface area contributed by atoms with Crippen molar-refractivity contribution in [2.75, 3.05) is 31.5 Å². The number of nitrogens with one attached hydrogen (secondary N) is 3. The molecule has 0 unspecified atom stereocenters. The second-order valence-electron chi connectivity index (χ2n) is 8.39. The Bertz CT molecular complexity index is 861. The van der Waals surface area contributed by atoms with Crippen LogP contribution in [0.3, 0.4) is 0 Å². The first kappa shape index (κ1) is 21.5. The average Bonchev–Trinajstić information content (AvgIpc) is 3.40. The summed E-state index contributed by atoms with van der Waals surface area (Å²) in [5, 5.41) is 8.05. The first-order valence-electron chi connectivity index (χ1n) is 10.7. The molecule has 3 aliphatic rings. The van der Waals surface area contributed by atoms with Gasteiger partial charge in [-0.25, -0.2) is 13.6 Å². The molecule has 3 saturated heterocycles. The minimum absolute atomic E-state index is 0.0265. The highest BCUT2D eigenvalue weighted by Gasteiger charge is 2.43. The smallest absolute Gasteiger partial charge is 0.319 e. The summed E-state index contributed by atoms with van der Waals surface area (Å²) in [6, 6.07) is 1.66. The van der Waals surface area contributed by atoms with Crippen molar-refractivity contribution < 1.29 is 23.2 Å². The minimum Gasteiger partial charge on any atom is -0.353 e. The van der Waals surface area contributed by atoms with Crippen LogP contribution in [0.5, 0.6) is 0 Å². The predicted molar refractivity (Wildman–Crippen MR) is 109 cm³/mol. The van der Waals surface area contributed by atoms with Gasteiger partial charge >= 0.3 is 6.03 Å². The van der Waals surface area contributed by atoms with Crippen LogP contribution in [0, 0.1) is 11.6 Å². The van der Waals surface area contributed by atoms with Crippen LogP contribution in [-0.4, -0.2) is 71.9 Å². The van der Waals surface area contributed by atoms with Crippen molar-refractivity contribution in [2.45, 2.75) is 50.2 Å². The van der Waals surface area contributed by atoms with Gasteiger partial charge in [0.2, 0.25) is 11.8 Å². The Kier molecular flexibility index (Phi) is 6.35. The summed E-state index contributed by atoms with van der Waals surface area (Å²) in [6.45, 7) is 2.59. The molecule has 0 bridgehead atoms. The Morgan fingerprint density at radius 1 is 1.19 bits per heavy atom. The molecule has 0 saturated carbocycles. The predicted octanol–water partition coefficient (Wildman–Crippen LogP) is 1.43. The van der Waals surface area contributed by atoms with E-state index < -0.39 is 17.7 Å². The van der Waals surface area contributed by atoms with Crippen molar-refractivity contribution in [3.63, 3.8) is 0 Å². The molecule has 0 aliphatic carbocycles. The van der Waals surface area contributed by atoms with Crippen LogP contribution < -0.4 is 16.0 Å². The molecule has 4 amide bonds. The number of amides is 4. The molecule has 10 heteroatoms. The fourth-order valence-corrected chi connectivity index (χ4v) is 4.70. The van der Waals surface area contributed by atoms with Gasteiger partial charge in [0.1, 0.15) is 11.6 Å². The SMILES string of the molecule is O=C(Nc1ccc(F)cc1F)N[C@@H]1C[C@H]2C(=O)NC[C@@H](CCC(=O)N3CCCC3)N2C1. The zero-order valence-electron chi connectivity index (χ0n) is 17.2. The van der Waals surface area contributed by atoms with Crippen molar-refractivity contribution >= 4 is 23.5 Å². The lowest BCUT2D eigenvalue weighted by molar-refractivity contribution is -0.131. The number of likely N-dealkylation sites (tertiary alicyclic amines) is 1. The molecule has 3 fully saturated rings. The summed E-state index contributed by atoms with van der Waals surface area (Å²) >= 11 is 0. The van der Waals surface area contributed by atoms with E-state index >= 15 is 0 Å². The van der Waals surface area contributed by atoms with E-state index in [1.807, 2.05) is 4.90 Å². The van der Waals surface area contributed by atoms with Crippen molar-refractivity contribution in [3.05, 3.63) is 29.8 Å². The van der Waals surface area contributed by atoms with E-state index in [1.165, 1.54) is 0 Å². The summed E-state index contributed by atoms with van der Waals surface area (Å²) in [5.74, 6) is -1.52. The van der Waals surface area contributed by atoms with E-state index in [2.05, 4.69) is 20.9 Å². The summed E-state index contributed by atoms with van der Waals surface area (Å²) in [5.41, 5.74) is -0.120. The lowest BCUT2D eigenvalue weighted by Crippen LogP contribution is -2.58. The number of rotatable bonds is 5. The van der Waals surface area contributed by atoms with E-state index in [-0.39, 0.29) is 35.6 Å². The van der Waals surface area contributed by atoms with Gasteiger partial charge in [-0.15, -0.1) is 0 Å². The molecule has 8 nitrogen and oxygen atoms in total. The maximum atomic E-state index is 13.8. The highest BCUT2D eigenvalue weighted by Crippen LogP contribution is 2.26. The number of carbonyl (C=O) groups is 3. The molecule has 1 aromatic carbocycles. The Labute approximate surface area is 179 Å². The quantitative estimate of drug-likeness (QED) is 0.652. The number of carbonyl (C=O) groups excluding carboxylic acids is 3. The van der Waals surface area contributed by atoms with Crippen molar-refractivity contribution in [3.8, 4) is 0 Å². The van der Waals surface area contributed by atoms with Crippen molar-refractivity contribution in [1.82, 2.24) is 20.4 Å². The lowest BCUT2D eigenvalue weighted by atomic mass is 10.0. The minimum atomic E-state index is -0.860. The molecular formula is C21H27F2N5O3. The summed E-state index contributed by atoms with van der Waals surface area (Å²) < 4.78 is 26.8. The molecule has 0 aromatic heterocycles. The number of urea groups is 1. The van der Waals surface area contributed by atoms with Crippen LogP contribution in [0.25, 0.3) is 0 Å². The maximum absolute atomic E-state index is 13.8. The van der Waals surface area contributed by atoms with Crippen LogP contribution in [0.2, 0.25) is 0 Å². The fourth-order valence-electron chi connectivity index (χ4n) is 4.70. The van der Waals surface area contributed by atoms with Crippen molar-refractivity contribution in [2.24, 2.45) is 0 Å². The first-order valence-corrected chi connectivity index (χ1v) is 10.7. The van der Waals surface area contributed by atoms with Gasteiger partial charge in [0, 0.05) is 50.7 Å². The highest BCUT2D eigenvalue weighted by molar-refractivity contribution is 5.90. The Balaban J connectivity index is 1.31. The van der Waals surface area contributed by atoms with E-state index in [4.69, 9.17) is 0 Å². The van der Waals surface area contributed by atoms with Gasteiger partial charge in [-0.3, -0.25) is 14.5 Å². The van der Waals surface area contributed by atoms with E-state index in [9.17, 15) is 23.2 Å². The van der Waals surface area contributed by atoms with Crippen molar-refractivity contribution in [1.29, 1.82) is 0 Å². The topological polar surface area (TPSA) is 93.8 Å². The number of fused-ring (bicyclic) bond motifs is 1. The summed E-state index contributed by atoms with van der Waals surface area (Å²) in [4.78, 5) is 40.9. The molecule has 31 heavy (non-hydrogen) atoms. The molecule has 168 valence electrons.